The molecule has 0 unspecified atom stereocenters. The van der Waals surface area contributed by atoms with Gasteiger partial charge in [-0.1, -0.05) is 13.5 Å². The van der Waals surface area contributed by atoms with Gasteiger partial charge in [0.25, 0.3) is 0 Å². The summed E-state index contributed by atoms with van der Waals surface area (Å²) in [7, 11) is 0. The second-order valence-electron chi connectivity index (χ2n) is 2.83. The van der Waals surface area contributed by atoms with Crippen molar-refractivity contribution in [2.75, 3.05) is 19.6 Å². The van der Waals surface area contributed by atoms with Crippen LogP contribution in [0.5, 0.6) is 0 Å². The first-order valence-corrected chi connectivity index (χ1v) is 3.96. The van der Waals surface area contributed by atoms with Gasteiger partial charge in [0, 0.05) is 12.1 Å². The zero-order valence-electron chi connectivity index (χ0n) is 7.76. The molecule has 0 saturated heterocycles. The maximum atomic E-state index is 11.9. The van der Waals surface area contributed by atoms with E-state index in [1.165, 1.54) is 6.92 Å². The zero-order valence-corrected chi connectivity index (χ0v) is 7.76. The molecule has 3 nitrogen and oxygen atoms in total. The lowest BCUT2D eigenvalue weighted by molar-refractivity contribution is -0.146. The zero-order chi connectivity index (χ0) is 11.4. The molecule has 0 aromatic carbocycles. The van der Waals surface area contributed by atoms with Crippen LogP contribution in [0.1, 0.15) is 6.92 Å². The molecule has 0 aliphatic carbocycles. The number of nitrogens with zero attached hydrogens (tertiary/aromatic N) is 1. The molecule has 0 bridgehead atoms. The Morgan fingerprint density at radius 3 is 2.29 bits per heavy atom. The lowest BCUT2D eigenvalue weighted by atomic mass is 10.3. The van der Waals surface area contributed by atoms with E-state index in [0.29, 0.717) is 0 Å². The Balaban J connectivity index is 4.17. The van der Waals surface area contributed by atoms with E-state index in [0.717, 1.165) is 4.90 Å². The molecule has 0 aromatic rings. The topological polar surface area (TPSA) is 40.5 Å². The molecule has 0 saturated carbocycles. The highest BCUT2D eigenvalue weighted by Gasteiger charge is 2.30. The molecule has 0 spiro atoms. The number of hydrogen-bond donors (Lipinski definition) is 1. The fraction of sp³-hybridized carbons (Fsp3) is 0.625. The smallest absolute Gasteiger partial charge is 0.401 e. The number of halogens is 3. The van der Waals surface area contributed by atoms with Crippen molar-refractivity contribution in [1.29, 1.82) is 0 Å². The molecule has 0 radical (unpaired) electrons. The Morgan fingerprint density at radius 2 is 2.00 bits per heavy atom. The van der Waals surface area contributed by atoms with Crippen LogP contribution >= 0.6 is 0 Å². The molecule has 1 N–H and O–H groups in total. The van der Waals surface area contributed by atoms with Crippen molar-refractivity contribution in [1.82, 2.24) is 4.90 Å². The summed E-state index contributed by atoms with van der Waals surface area (Å²) >= 11 is 0. The van der Waals surface area contributed by atoms with Gasteiger partial charge in [-0.05, 0) is 6.54 Å². The second-order valence-corrected chi connectivity index (χ2v) is 2.83. The summed E-state index contributed by atoms with van der Waals surface area (Å²) in [5.74, 6) is -1.27. The third kappa shape index (κ3) is 5.58. The standard InChI is InChI=1S/C8H12F3NO2/c1-3-12(5-8(9,10)11)4-6(2)7(13)14/h2-5H2,1H3,(H,13,14). The Labute approximate surface area is 79.8 Å². The minimum Gasteiger partial charge on any atom is -0.478 e. The number of rotatable bonds is 5. The van der Waals surface area contributed by atoms with Gasteiger partial charge in [0.05, 0.1) is 6.54 Å². The van der Waals surface area contributed by atoms with Gasteiger partial charge < -0.3 is 5.11 Å². The first kappa shape index (κ1) is 13.0. The Hall–Kier alpha value is -1.04. The van der Waals surface area contributed by atoms with Gasteiger partial charge >= 0.3 is 12.1 Å². The van der Waals surface area contributed by atoms with Gasteiger partial charge in [-0.3, -0.25) is 4.90 Å². The van der Waals surface area contributed by atoms with Crippen LogP contribution in [0.15, 0.2) is 12.2 Å². The lowest BCUT2D eigenvalue weighted by Gasteiger charge is -2.21. The number of carbonyl (C=O) groups is 1. The van der Waals surface area contributed by atoms with Crippen molar-refractivity contribution in [2.45, 2.75) is 13.1 Å². The first-order valence-electron chi connectivity index (χ1n) is 3.96. The third-order valence-electron chi connectivity index (χ3n) is 1.57. The molecule has 0 rings (SSSR count). The molecule has 82 valence electrons. The van der Waals surface area contributed by atoms with Gasteiger partial charge in [0.2, 0.25) is 0 Å². The summed E-state index contributed by atoms with van der Waals surface area (Å²) in [6, 6.07) is 0. The van der Waals surface area contributed by atoms with Crippen molar-refractivity contribution in [3.05, 3.63) is 12.2 Å². The van der Waals surface area contributed by atoms with Crippen LogP contribution in [0.25, 0.3) is 0 Å². The quantitative estimate of drug-likeness (QED) is 0.701. The van der Waals surface area contributed by atoms with E-state index < -0.39 is 18.7 Å². The molecule has 0 atom stereocenters. The van der Waals surface area contributed by atoms with Crippen LogP contribution in [0, 0.1) is 0 Å². The van der Waals surface area contributed by atoms with E-state index in [1.54, 1.807) is 0 Å². The normalized spacial score (nSPS) is 11.8. The highest BCUT2D eigenvalue weighted by Crippen LogP contribution is 2.16. The molecule has 6 heteroatoms. The van der Waals surface area contributed by atoms with Crippen molar-refractivity contribution < 1.29 is 23.1 Å². The molecular formula is C8H12F3NO2. The predicted molar refractivity (Wildman–Crippen MR) is 44.9 cm³/mol. The molecule has 0 aliphatic rings. The van der Waals surface area contributed by atoms with E-state index in [4.69, 9.17) is 5.11 Å². The Bertz CT molecular complexity index is 225. The van der Waals surface area contributed by atoms with E-state index in [9.17, 15) is 18.0 Å². The van der Waals surface area contributed by atoms with Gasteiger partial charge in [-0.25, -0.2) is 4.79 Å². The molecular weight excluding hydrogens is 199 g/mol. The molecule has 14 heavy (non-hydrogen) atoms. The van der Waals surface area contributed by atoms with Gasteiger partial charge in [-0.2, -0.15) is 13.2 Å². The summed E-state index contributed by atoms with van der Waals surface area (Å²) in [6.07, 6.45) is -4.31. The van der Waals surface area contributed by atoms with Crippen LogP contribution in [-0.4, -0.2) is 41.8 Å². The fourth-order valence-electron chi connectivity index (χ4n) is 0.871. The summed E-state index contributed by atoms with van der Waals surface area (Å²) in [4.78, 5) is 11.3. The van der Waals surface area contributed by atoms with Crippen molar-refractivity contribution >= 4 is 5.97 Å². The van der Waals surface area contributed by atoms with E-state index in [1.807, 2.05) is 0 Å². The monoisotopic (exact) mass is 211 g/mol. The second kappa shape index (κ2) is 4.99. The summed E-state index contributed by atoms with van der Waals surface area (Å²) in [6.45, 7) is 3.44. The minimum absolute atomic E-state index is 0.131. The number of likely N-dealkylation sites (N-methyl/N-ethyl adjacent to an activating group) is 1. The highest BCUT2D eigenvalue weighted by atomic mass is 19.4. The predicted octanol–water partition coefficient (Wildman–Crippen LogP) is 1.51. The summed E-state index contributed by atoms with van der Waals surface area (Å²) in [5, 5.41) is 8.42. The van der Waals surface area contributed by atoms with E-state index in [2.05, 4.69) is 6.58 Å². The molecule has 0 amide bonds. The third-order valence-corrected chi connectivity index (χ3v) is 1.57. The van der Waals surface area contributed by atoms with E-state index in [-0.39, 0.29) is 18.7 Å². The largest absolute Gasteiger partial charge is 0.478 e. The molecule has 0 heterocycles. The Morgan fingerprint density at radius 1 is 1.50 bits per heavy atom. The van der Waals surface area contributed by atoms with Gasteiger partial charge in [-0.15, -0.1) is 0 Å². The molecule has 0 aromatic heterocycles. The summed E-state index contributed by atoms with van der Waals surface area (Å²) in [5.41, 5.74) is -0.240. The Kier molecular flexibility index (Phi) is 4.62. The molecule has 0 fully saturated rings. The van der Waals surface area contributed by atoms with Crippen molar-refractivity contribution in [2.24, 2.45) is 0 Å². The highest BCUT2D eigenvalue weighted by molar-refractivity contribution is 5.86. The molecule has 0 aliphatic heterocycles. The lowest BCUT2D eigenvalue weighted by Crippen LogP contribution is -2.36. The first-order chi connectivity index (χ1) is 6.26. The number of carboxylic acid groups (broad SMARTS) is 1. The van der Waals surface area contributed by atoms with Gasteiger partial charge in [0.1, 0.15) is 0 Å². The van der Waals surface area contributed by atoms with Crippen LogP contribution in [0.3, 0.4) is 0 Å². The number of aliphatic carboxylic acids is 1. The van der Waals surface area contributed by atoms with Crippen LogP contribution < -0.4 is 0 Å². The van der Waals surface area contributed by atoms with Gasteiger partial charge in [0.15, 0.2) is 0 Å². The van der Waals surface area contributed by atoms with Crippen LogP contribution in [-0.2, 0) is 4.79 Å². The van der Waals surface area contributed by atoms with Crippen LogP contribution in [0.4, 0.5) is 13.2 Å². The maximum Gasteiger partial charge on any atom is 0.401 e. The average Bonchev–Trinajstić information content (AvgIpc) is 2.00. The number of hydrogen-bond acceptors (Lipinski definition) is 2. The summed E-state index contributed by atoms with van der Waals surface area (Å²) < 4.78 is 35.8. The average molecular weight is 211 g/mol. The van der Waals surface area contributed by atoms with Crippen molar-refractivity contribution in [3.63, 3.8) is 0 Å². The van der Waals surface area contributed by atoms with E-state index >= 15 is 0 Å². The fourth-order valence-corrected chi connectivity index (χ4v) is 0.871. The number of carboxylic acids is 1. The SMILES string of the molecule is C=C(CN(CC)CC(F)(F)F)C(=O)O. The van der Waals surface area contributed by atoms with Crippen molar-refractivity contribution in [3.8, 4) is 0 Å². The number of alkyl halides is 3. The minimum atomic E-state index is -4.31. The van der Waals surface area contributed by atoms with Crippen LogP contribution in [0.2, 0.25) is 0 Å². The maximum absolute atomic E-state index is 11.9.